The Hall–Kier alpha value is -1.10. The Morgan fingerprint density at radius 1 is 1.25 bits per heavy atom. The lowest BCUT2D eigenvalue weighted by molar-refractivity contribution is -0.150. The smallest absolute Gasteiger partial charge is 0.329 e. The third-order valence-electron chi connectivity index (χ3n) is 3.99. The Morgan fingerprint density at radius 3 is 2.20 bits per heavy atom. The number of hydrogen-bond donors (Lipinski definition) is 3. The van der Waals surface area contributed by atoms with E-state index in [-0.39, 0.29) is 23.8 Å². The largest absolute Gasteiger partial charge is 0.480 e. The van der Waals surface area contributed by atoms with Crippen LogP contribution in [0.1, 0.15) is 59.3 Å². The monoisotopic (exact) mass is 284 g/mol. The van der Waals surface area contributed by atoms with Crippen molar-refractivity contribution in [3.05, 3.63) is 0 Å². The summed E-state index contributed by atoms with van der Waals surface area (Å²) in [7, 11) is 0. The third-order valence-corrected chi connectivity index (χ3v) is 3.99. The summed E-state index contributed by atoms with van der Waals surface area (Å²) in [6.45, 7) is 6.41. The molecule has 1 fully saturated rings. The molecule has 1 amide bonds. The molecular weight excluding hydrogens is 256 g/mol. The number of rotatable bonds is 5. The lowest BCUT2D eigenvalue weighted by Crippen LogP contribution is -2.57. The first-order chi connectivity index (χ1) is 9.20. The van der Waals surface area contributed by atoms with Gasteiger partial charge in [0.1, 0.15) is 5.54 Å². The average molecular weight is 284 g/mol. The standard InChI is InChI=1S/C15H28N2O3/c1-14(2,3)9-11(10-16)12(18)17-15(13(19)20)7-5-4-6-8-15/h11H,4-10,16H2,1-3H3,(H,17,18)(H,19,20). The molecule has 116 valence electrons. The van der Waals surface area contributed by atoms with Gasteiger partial charge in [0.15, 0.2) is 0 Å². The minimum atomic E-state index is -1.08. The highest BCUT2D eigenvalue weighted by Gasteiger charge is 2.42. The van der Waals surface area contributed by atoms with Gasteiger partial charge in [-0.15, -0.1) is 0 Å². The zero-order chi connectivity index (χ0) is 15.4. The van der Waals surface area contributed by atoms with E-state index in [1.807, 2.05) is 0 Å². The molecule has 0 bridgehead atoms. The quantitative estimate of drug-likeness (QED) is 0.719. The highest BCUT2D eigenvalue weighted by molar-refractivity contribution is 5.88. The Labute approximate surface area is 121 Å². The van der Waals surface area contributed by atoms with Crippen molar-refractivity contribution in [2.75, 3.05) is 6.54 Å². The molecule has 1 atom stereocenters. The first kappa shape index (κ1) is 17.0. The van der Waals surface area contributed by atoms with E-state index in [2.05, 4.69) is 26.1 Å². The van der Waals surface area contributed by atoms with E-state index in [1.54, 1.807) is 0 Å². The van der Waals surface area contributed by atoms with Crippen LogP contribution in [0, 0.1) is 11.3 Å². The van der Waals surface area contributed by atoms with Gasteiger partial charge < -0.3 is 16.2 Å². The predicted molar refractivity (Wildman–Crippen MR) is 78.2 cm³/mol. The van der Waals surface area contributed by atoms with Gasteiger partial charge in [-0.25, -0.2) is 4.79 Å². The summed E-state index contributed by atoms with van der Waals surface area (Å²) >= 11 is 0. The molecule has 0 aromatic carbocycles. The number of aliphatic carboxylic acids is 1. The van der Waals surface area contributed by atoms with Gasteiger partial charge in [-0.1, -0.05) is 40.0 Å². The maximum Gasteiger partial charge on any atom is 0.329 e. The Bertz CT molecular complexity index is 355. The molecule has 20 heavy (non-hydrogen) atoms. The van der Waals surface area contributed by atoms with Gasteiger partial charge in [-0.2, -0.15) is 0 Å². The molecule has 0 radical (unpaired) electrons. The molecule has 0 aromatic heterocycles. The van der Waals surface area contributed by atoms with E-state index in [1.165, 1.54) is 0 Å². The molecule has 0 aromatic rings. The number of carbonyl (C=O) groups excluding carboxylic acids is 1. The molecule has 0 saturated heterocycles. The topological polar surface area (TPSA) is 92.4 Å². The average Bonchev–Trinajstić information content (AvgIpc) is 2.35. The molecule has 0 heterocycles. The summed E-state index contributed by atoms with van der Waals surface area (Å²) in [5.41, 5.74) is 4.60. The minimum absolute atomic E-state index is 0.00959. The maximum atomic E-state index is 12.4. The fourth-order valence-electron chi connectivity index (χ4n) is 2.91. The van der Waals surface area contributed by atoms with Crippen molar-refractivity contribution in [1.82, 2.24) is 5.32 Å². The second kappa shape index (κ2) is 6.57. The van der Waals surface area contributed by atoms with Crippen molar-refractivity contribution in [3.63, 3.8) is 0 Å². The third kappa shape index (κ3) is 4.47. The van der Waals surface area contributed by atoms with Crippen LogP contribution in [0.15, 0.2) is 0 Å². The molecule has 1 aliphatic rings. The van der Waals surface area contributed by atoms with Crippen LogP contribution in [0.2, 0.25) is 0 Å². The number of carbonyl (C=O) groups is 2. The van der Waals surface area contributed by atoms with Gasteiger partial charge in [0.05, 0.1) is 5.92 Å². The van der Waals surface area contributed by atoms with E-state index in [4.69, 9.17) is 5.73 Å². The molecule has 1 aliphatic carbocycles. The maximum absolute atomic E-state index is 12.4. The minimum Gasteiger partial charge on any atom is -0.480 e. The number of carboxylic acid groups (broad SMARTS) is 1. The molecule has 1 unspecified atom stereocenters. The summed E-state index contributed by atoms with van der Waals surface area (Å²) in [5, 5.41) is 12.3. The number of carboxylic acids is 1. The Kier molecular flexibility index (Phi) is 5.57. The van der Waals surface area contributed by atoms with Crippen molar-refractivity contribution in [2.24, 2.45) is 17.1 Å². The molecular formula is C15H28N2O3. The van der Waals surface area contributed by atoms with Crippen LogP contribution in [0.25, 0.3) is 0 Å². The molecule has 4 N–H and O–H groups in total. The molecule has 0 aliphatic heterocycles. The van der Waals surface area contributed by atoms with Crippen LogP contribution < -0.4 is 11.1 Å². The highest BCUT2D eigenvalue weighted by Crippen LogP contribution is 2.30. The number of nitrogens with one attached hydrogen (secondary N) is 1. The van der Waals surface area contributed by atoms with E-state index < -0.39 is 11.5 Å². The zero-order valence-electron chi connectivity index (χ0n) is 12.9. The lowest BCUT2D eigenvalue weighted by Gasteiger charge is -2.36. The summed E-state index contributed by atoms with van der Waals surface area (Å²) in [4.78, 5) is 23.9. The van der Waals surface area contributed by atoms with E-state index in [9.17, 15) is 14.7 Å². The normalized spacial score (nSPS) is 20.2. The zero-order valence-corrected chi connectivity index (χ0v) is 12.9. The fourth-order valence-corrected chi connectivity index (χ4v) is 2.91. The first-order valence-corrected chi connectivity index (χ1v) is 7.46. The van der Waals surface area contributed by atoms with Gasteiger partial charge >= 0.3 is 5.97 Å². The molecule has 5 nitrogen and oxygen atoms in total. The number of hydrogen-bond acceptors (Lipinski definition) is 3. The van der Waals surface area contributed by atoms with Crippen LogP contribution >= 0.6 is 0 Å². The molecule has 0 spiro atoms. The highest BCUT2D eigenvalue weighted by atomic mass is 16.4. The summed E-state index contributed by atoms with van der Waals surface area (Å²) in [5.74, 6) is -1.46. The van der Waals surface area contributed by atoms with Gasteiger partial charge in [-0.05, 0) is 24.7 Å². The van der Waals surface area contributed by atoms with Crippen molar-refractivity contribution >= 4 is 11.9 Å². The van der Waals surface area contributed by atoms with E-state index in [0.717, 1.165) is 19.3 Å². The van der Waals surface area contributed by atoms with Gasteiger partial charge in [0, 0.05) is 6.54 Å². The van der Waals surface area contributed by atoms with Crippen molar-refractivity contribution in [2.45, 2.75) is 64.8 Å². The fraction of sp³-hybridized carbons (Fsp3) is 0.867. The molecule has 1 rings (SSSR count). The van der Waals surface area contributed by atoms with Crippen molar-refractivity contribution in [1.29, 1.82) is 0 Å². The first-order valence-electron chi connectivity index (χ1n) is 7.46. The summed E-state index contributed by atoms with van der Waals surface area (Å²) < 4.78 is 0. The predicted octanol–water partition coefficient (Wildman–Crippen LogP) is 1.90. The summed E-state index contributed by atoms with van der Waals surface area (Å²) in [6.07, 6.45) is 4.41. The van der Waals surface area contributed by atoms with Crippen LogP contribution in [-0.4, -0.2) is 29.1 Å². The second-order valence-corrected chi connectivity index (χ2v) is 7.13. The van der Waals surface area contributed by atoms with Gasteiger partial charge in [0.25, 0.3) is 0 Å². The Balaban J connectivity index is 2.77. The van der Waals surface area contributed by atoms with Crippen molar-refractivity contribution in [3.8, 4) is 0 Å². The van der Waals surface area contributed by atoms with Crippen LogP contribution in [0.4, 0.5) is 0 Å². The van der Waals surface area contributed by atoms with E-state index in [0.29, 0.717) is 19.3 Å². The number of amides is 1. The van der Waals surface area contributed by atoms with Crippen LogP contribution in [0.5, 0.6) is 0 Å². The summed E-state index contributed by atoms with van der Waals surface area (Å²) in [6, 6.07) is 0. The lowest BCUT2D eigenvalue weighted by atomic mass is 9.80. The van der Waals surface area contributed by atoms with Gasteiger partial charge in [-0.3, -0.25) is 4.79 Å². The van der Waals surface area contributed by atoms with Crippen LogP contribution in [-0.2, 0) is 9.59 Å². The number of nitrogens with two attached hydrogens (primary N) is 1. The second-order valence-electron chi connectivity index (χ2n) is 7.13. The van der Waals surface area contributed by atoms with Gasteiger partial charge in [0.2, 0.25) is 5.91 Å². The van der Waals surface area contributed by atoms with Crippen molar-refractivity contribution < 1.29 is 14.7 Å². The molecule has 5 heteroatoms. The molecule has 1 saturated carbocycles. The van der Waals surface area contributed by atoms with Crippen LogP contribution in [0.3, 0.4) is 0 Å². The van der Waals surface area contributed by atoms with E-state index >= 15 is 0 Å². The Morgan fingerprint density at radius 2 is 1.80 bits per heavy atom. The SMILES string of the molecule is CC(C)(C)CC(CN)C(=O)NC1(C(=O)O)CCCCC1.